The fourth-order valence-electron chi connectivity index (χ4n) is 2.51. The van der Waals surface area contributed by atoms with E-state index < -0.39 is 0 Å². The molecule has 1 unspecified atom stereocenters. The lowest BCUT2D eigenvalue weighted by atomic mass is 9.84. The molecule has 0 saturated carbocycles. The van der Waals surface area contributed by atoms with E-state index >= 15 is 0 Å². The van der Waals surface area contributed by atoms with Gasteiger partial charge in [0.05, 0.1) is 0 Å². The van der Waals surface area contributed by atoms with Crippen LogP contribution in [-0.2, 0) is 0 Å². The first-order chi connectivity index (χ1) is 8.83. The minimum absolute atomic E-state index is 0.180. The third-order valence-electron chi connectivity index (χ3n) is 3.37. The SMILES string of the molecule is CCCC(N)C(c1ccccc1)c1ccccc1. The minimum atomic E-state index is 0.180. The number of nitrogens with two attached hydrogens (primary N) is 1. The topological polar surface area (TPSA) is 26.0 Å². The molecule has 0 spiro atoms. The fraction of sp³-hybridized carbons (Fsp3) is 0.294. The highest BCUT2D eigenvalue weighted by molar-refractivity contribution is 5.34. The van der Waals surface area contributed by atoms with Crippen molar-refractivity contribution in [3.63, 3.8) is 0 Å². The molecule has 1 atom stereocenters. The first kappa shape index (κ1) is 12.8. The van der Waals surface area contributed by atoms with E-state index in [9.17, 15) is 0 Å². The van der Waals surface area contributed by atoms with Crippen LogP contribution in [0.3, 0.4) is 0 Å². The van der Waals surface area contributed by atoms with Crippen LogP contribution in [0.5, 0.6) is 0 Å². The van der Waals surface area contributed by atoms with Crippen molar-refractivity contribution in [2.75, 3.05) is 0 Å². The van der Waals surface area contributed by atoms with Gasteiger partial charge in [-0.05, 0) is 17.5 Å². The Hall–Kier alpha value is -1.60. The predicted octanol–water partition coefficient (Wildman–Crippen LogP) is 3.95. The van der Waals surface area contributed by atoms with E-state index in [1.54, 1.807) is 0 Å². The van der Waals surface area contributed by atoms with Gasteiger partial charge in [-0.25, -0.2) is 0 Å². The van der Waals surface area contributed by atoms with E-state index in [4.69, 9.17) is 5.73 Å². The van der Waals surface area contributed by atoms with Gasteiger partial charge in [-0.3, -0.25) is 0 Å². The first-order valence-corrected chi connectivity index (χ1v) is 6.68. The Morgan fingerprint density at radius 3 is 1.67 bits per heavy atom. The van der Waals surface area contributed by atoms with Gasteiger partial charge >= 0.3 is 0 Å². The number of benzene rings is 2. The van der Waals surface area contributed by atoms with E-state index in [1.165, 1.54) is 11.1 Å². The zero-order valence-electron chi connectivity index (χ0n) is 10.9. The molecule has 2 aromatic rings. The van der Waals surface area contributed by atoms with Gasteiger partial charge in [0.25, 0.3) is 0 Å². The van der Waals surface area contributed by atoms with Gasteiger partial charge in [-0.15, -0.1) is 0 Å². The summed E-state index contributed by atoms with van der Waals surface area (Å²) in [5, 5.41) is 0. The van der Waals surface area contributed by atoms with Gasteiger partial charge in [0.15, 0.2) is 0 Å². The summed E-state index contributed by atoms with van der Waals surface area (Å²) in [6.07, 6.45) is 2.17. The minimum Gasteiger partial charge on any atom is -0.327 e. The lowest BCUT2D eigenvalue weighted by molar-refractivity contribution is 0.544. The second-order valence-electron chi connectivity index (χ2n) is 4.75. The van der Waals surface area contributed by atoms with Crippen LogP contribution >= 0.6 is 0 Å². The zero-order valence-corrected chi connectivity index (χ0v) is 10.9. The van der Waals surface area contributed by atoms with E-state index in [0.29, 0.717) is 5.92 Å². The molecule has 0 radical (unpaired) electrons. The van der Waals surface area contributed by atoms with Crippen molar-refractivity contribution >= 4 is 0 Å². The summed E-state index contributed by atoms with van der Waals surface area (Å²) in [7, 11) is 0. The molecule has 2 N–H and O–H groups in total. The molecular weight excluding hydrogens is 218 g/mol. The van der Waals surface area contributed by atoms with Crippen LogP contribution in [-0.4, -0.2) is 6.04 Å². The van der Waals surface area contributed by atoms with Gasteiger partial charge in [-0.2, -0.15) is 0 Å². The molecule has 2 aromatic carbocycles. The normalized spacial score (nSPS) is 12.6. The Morgan fingerprint density at radius 1 is 0.833 bits per heavy atom. The van der Waals surface area contributed by atoms with E-state index in [2.05, 4.69) is 67.6 Å². The number of hydrogen-bond donors (Lipinski definition) is 1. The van der Waals surface area contributed by atoms with Gasteiger partial charge < -0.3 is 5.73 Å². The van der Waals surface area contributed by atoms with Crippen molar-refractivity contribution in [3.05, 3.63) is 71.8 Å². The second-order valence-corrected chi connectivity index (χ2v) is 4.75. The van der Waals surface area contributed by atoms with Gasteiger partial charge in [0, 0.05) is 12.0 Å². The van der Waals surface area contributed by atoms with Gasteiger partial charge in [-0.1, -0.05) is 74.0 Å². The summed E-state index contributed by atoms with van der Waals surface area (Å²) in [5.74, 6) is 0.298. The molecule has 2 rings (SSSR count). The van der Waals surface area contributed by atoms with Crippen molar-refractivity contribution in [3.8, 4) is 0 Å². The molecule has 1 nitrogen and oxygen atoms in total. The summed E-state index contributed by atoms with van der Waals surface area (Å²) in [5.41, 5.74) is 9.01. The molecule has 0 aromatic heterocycles. The lowest BCUT2D eigenvalue weighted by Gasteiger charge is -2.24. The van der Waals surface area contributed by atoms with Crippen molar-refractivity contribution < 1.29 is 0 Å². The largest absolute Gasteiger partial charge is 0.327 e. The molecule has 0 aliphatic carbocycles. The molecule has 0 aliphatic heterocycles. The van der Waals surface area contributed by atoms with E-state index in [1.807, 2.05) is 0 Å². The monoisotopic (exact) mass is 239 g/mol. The first-order valence-electron chi connectivity index (χ1n) is 6.68. The molecule has 18 heavy (non-hydrogen) atoms. The molecule has 0 amide bonds. The summed E-state index contributed by atoms with van der Waals surface area (Å²) in [6, 6.07) is 21.3. The Bertz CT molecular complexity index is 410. The number of hydrogen-bond acceptors (Lipinski definition) is 1. The van der Waals surface area contributed by atoms with Crippen molar-refractivity contribution in [1.82, 2.24) is 0 Å². The van der Waals surface area contributed by atoms with Crippen LogP contribution in [0.4, 0.5) is 0 Å². The number of rotatable bonds is 5. The maximum atomic E-state index is 6.39. The van der Waals surface area contributed by atoms with Gasteiger partial charge in [0.1, 0.15) is 0 Å². The van der Waals surface area contributed by atoms with Crippen LogP contribution in [0.1, 0.15) is 36.8 Å². The molecule has 0 saturated heterocycles. The van der Waals surface area contributed by atoms with Crippen LogP contribution in [0.15, 0.2) is 60.7 Å². The standard InChI is InChI=1S/C17H21N/c1-2-9-16(18)17(14-10-5-3-6-11-14)15-12-7-4-8-13-15/h3-8,10-13,16-17H,2,9,18H2,1H3. The van der Waals surface area contributed by atoms with Crippen LogP contribution < -0.4 is 5.73 Å². The molecule has 0 aliphatic rings. The highest BCUT2D eigenvalue weighted by Gasteiger charge is 2.20. The third kappa shape index (κ3) is 2.99. The fourth-order valence-corrected chi connectivity index (χ4v) is 2.51. The summed E-state index contributed by atoms with van der Waals surface area (Å²) < 4.78 is 0. The quantitative estimate of drug-likeness (QED) is 0.840. The summed E-state index contributed by atoms with van der Waals surface area (Å²) in [4.78, 5) is 0. The molecule has 0 heterocycles. The Kier molecular flexibility index (Phi) is 4.54. The van der Waals surface area contributed by atoms with Crippen molar-refractivity contribution in [2.24, 2.45) is 5.73 Å². The average Bonchev–Trinajstić information content (AvgIpc) is 2.42. The zero-order chi connectivity index (χ0) is 12.8. The summed E-state index contributed by atoms with van der Waals surface area (Å²) in [6.45, 7) is 2.19. The second kappa shape index (κ2) is 6.36. The lowest BCUT2D eigenvalue weighted by Crippen LogP contribution is -2.29. The summed E-state index contributed by atoms with van der Waals surface area (Å²) >= 11 is 0. The highest BCUT2D eigenvalue weighted by atomic mass is 14.6. The maximum Gasteiger partial charge on any atom is 0.0241 e. The van der Waals surface area contributed by atoms with Crippen molar-refractivity contribution in [2.45, 2.75) is 31.7 Å². The molecular formula is C17H21N. The van der Waals surface area contributed by atoms with Crippen LogP contribution in [0, 0.1) is 0 Å². The van der Waals surface area contributed by atoms with E-state index in [-0.39, 0.29) is 6.04 Å². The van der Waals surface area contributed by atoms with E-state index in [0.717, 1.165) is 12.8 Å². The third-order valence-corrected chi connectivity index (χ3v) is 3.37. The van der Waals surface area contributed by atoms with Crippen LogP contribution in [0.25, 0.3) is 0 Å². The Morgan fingerprint density at radius 2 is 1.28 bits per heavy atom. The van der Waals surface area contributed by atoms with Gasteiger partial charge in [0.2, 0.25) is 0 Å². The molecule has 0 fully saturated rings. The average molecular weight is 239 g/mol. The predicted molar refractivity (Wildman–Crippen MR) is 77.6 cm³/mol. The van der Waals surface area contributed by atoms with Crippen molar-refractivity contribution in [1.29, 1.82) is 0 Å². The Labute approximate surface area is 110 Å². The Balaban J connectivity index is 2.35. The van der Waals surface area contributed by atoms with Crippen LogP contribution in [0.2, 0.25) is 0 Å². The highest BCUT2D eigenvalue weighted by Crippen LogP contribution is 2.28. The maximum absolute atomic E-state index is 6.39. The molecule has 1 heteroatoms. The molecule has 94 valence electrons. The molecule has 0 bridgehead atoms. The smallest absolute Gasteiger partial charge is 0.0241 e.